The number of nitrogen functional groups attached to an aromatic ring is 1. The summed E-state index contributed by atoms with van der Waals surface area (Å²) in [6, 6.07) is 10.4. The van der Waals surface area contributed by atoms with E-state index in [0.29, 0.717) is 34.3 Å². The van der Waals surface area contributed by atoms with Crippen LogP contribution in [0.3, 0.4) is 0 Å². The van der Waals surface area contributed by atoms with Crippen LogP contribution in [0.25, 0.3) is 0 Å². The van der Waals surface area contributed by atoms with E-state index in [2.05, 4.69) is 5.32 Å². The number of rotatable bonds is 5. The zero-order valence-corrected chi connectivity index (χ0v) is 13.4. The number of ether oxygens (including phenoxy) is 1. The highest BCUT2D eigenvalue weighted by molar-refractivity contribution is 6.31. The Morgan fingerprint density at radius 3 is 2.77 bits per heavy atom. The van der Waals surface area contributed by atoms with Gasteiger partial charge in [0, 0.05) is 16.3 Å². The number of hydrogen-bond acceptors (Lipinski definition) is 3. The maximum atomic E-state index is 12.3. The zero-order chi connectivity index (χ0) is 16.1. The van der Waals surface area contributed by atoms with Crippen molar-refractivity contribution in [2.24, 2.45) is 0 Å². The van der Waals surface area contributed by atoms with Crippen LogP contribution in [0.2, 0.25) is 5.02 Å². The van der Waals surface area contributed by atoms with Gasteiger partial charge in [0.15, 0.2) is 0 Å². The van der Waals surface area contributed by atoms with Crippen LogP contribution >= 0.6 is 11.6 Å². The van der Waals surface area contributed by atoms with Gasteiger partial charge in [0.05, 0.1) is 12.3 Å². The molecule has 0 aliphatic carbocycles. The molecule has 0 fully saturated rings. The number of nitrogens with two attached hydrogens (primary N) is 1. The molecule has 4 nitrogen and oxygen atoms in total. The second-order valence-electron chi connectivity index (χ2n) is 4.97. The third-order valence-electron chi connectivity index (χ3n) is 3.25. The van der Waals surface area contributed by atoms with E-state index in [4.69, 9.17) is 22.1 Å². The van der Waals surface area contributed by atoms with E-state index in [1.165, 1.54) is 0 Å². The van der Waals surface area contributed by atoms with E-state index >= 15 is 0 Å². The monoisotopic (exact) mass is 318 g/mol. The quantitative estimate of drug-likeness (QED) is 0.809. The van der Waals surface area contributed by atoms with Crippen molar-refractivity contribution in [2.45, 2.75) is 20.3 Å². The van der Waals surface area contributed by atoms with Gasteiger partial charge in [-0.3, -0.25) is 4.79 Å². The average Bonchev–Trinajstić information content (AvgIpc) is 2.50. The highest BCUT2D eigenvalue weighted by Gasteiger charge is 2.11. The topological polar surface area (TPSA) is 64.3 Å². The molecule has 0 bridgehead atoms. The van der Waals surface area contributed by atoms with Crippen LogP contribution in [0.1, 0.15) is 29.3 Å². The Kier molecular flexibility index (Phi) is 5.28. The molecule has 116 valence electrons. The van der Waals surface area contributed by atoms with E-state index in [0.717, 1.165) is 12.0 Å². The van der Waals surface area contributed by atoms with Crippen molar-refractivity contribution in [3.8, 4) is 5.75 Å². The van der Waals surface area contributed by atoms with Crippen LogP contribution in [0.5, 0.6) is 5.75 Å². The third-order valence-corrected chi connectivity index (χ3v) is 3.66. The molecular formula is C17H19ClN2O2. The molecule has 3 N–H and O–H groups in total. The number of carbonyl (C=O) groups is 1. The van der Waals surface area contributed by atoms with Crippen LogP contribution < -0.4 is 15.8 Å². The molecule has 0 aliphatic heterocycles. The predicted octanol–water partition coefficient (Wildman–Crippen LogP) is 4.27. The van der Waals surface area contributed by atoms with Crippen molar-refractivity contribution in [2.75, 3.05) is 17.7 Å². The van der Waals surface area contributed by atoms with Crippen molar-refractivity contribution < 1.29 is 9.53 Å². The number of nitrogens with one attached hydrogen (secondary N) is 1. The molecule has 1 amide bonds. The van der Waals surface area contributed by atoms with Gasteiger partial charge in [0.1, 0.15) is 5.75 Å². The summed E-state index contributed by atoms with van der Waals surface area (Å²) in [5.74, 6) is 0.358. The molecule has 22 heavy (non-hydrogen) atoms. The lowest BCUT2D eigenvalue weighted by molar-refractivity contribution is 0.102. The summed E-state index contributed by atoms with van der Waals surface area (Å²) in [5, 5.41) is 3.45. The normalized spacial score (nSPS) is 10.3. The maximum Gasteiger partial charge on any atom is 0.255 e. The van der Waals surface area contributed by atoms with Gasteiger partial charge in [0.2, 0.25) is 0 Å². The summed E-state index contributed by atoms with van der Waals surface area (Å²) in [4.78, 5) is 12.3. The van der Waals surface area contributed by atoms with E-state index < -0.39 is 0 Å². The fraction of sp³-hybridized carbons (Fsp3) is 0.235. The number of anilines is 2. The smallest absolute Gasteiger partial charge is 0.255 e. The summed E-state index contributed by atoms with van der Waals surface area (Å²) < 4.78 is 5.50. The van der Waals surface area contributed by atoms with Crippen molar-refractivity contribution in [1.82, 2.24) is 0 Å². The Labute approximate surface area is 135 Å². The average molecular weight is 319 g/mol. The van der Waals surface area contributed by atoms with Crippen molar-refractivity contribution >= 4 is 28.9 Å². The van der Waals surface area contributed by atoms with Gasteiger partial charge < -0.3 is 15.8 Å². The first-order valence-electron chi connectivity index (χ1n) is 7.11. The summed E-state index contributed by atoms with van der Waals surface area (Å²) in [6.45, 7) is 4.47. The zero-order valence-electron chi connectivity index (χ0n) is 12.7. The van der Waals surface area contributed by atoms with Crippen LogP contribution in [0.4, 0.5) is 11.4 Å². The van der Waals surface area contributed by atoms with Crippen LogP contribution in [-0.4, -0.2) is 12.5 Å². The standard InChI is InChI=1S/C17H19ClN2O2/c1-3-9-22-16-8-7-12(10-14(16)19)17(21)20-15-6-4-5-13(18)11(15)2/h4-8,10H,3,9,19H2,1-2H3,(H,20,21). The Balaban J connectivity index is 2.16. The highest BCUT2D eigenvalue weighted by Crippen LogP contribution is 2.25. The minimum Gasteiger partial charge on any atom is -0.491 e. The van der Waals surface area contributed by atoms with Gasteiger partial charge in [-0.1, -0.05) is 24.6 Å². The van der Waals surface area contributed by atoms with Gasteiger partial charge in [-0.05, 0) is 49.2 Å². The van der Waals surface area contributed by atoms with Crippen molar-refractivity contribution in [3.05, 3.63) is 52.5 Å². The van der Waals surface area contributed by atoms with Gasteiger partial charge in [-0.2, -0.15) is 0 Å². The van der Waals surface area contributed by atoms with Crippen molar-refractivity contribution in [3.63, 3.8) is 0 Å². The predicted molar refractivity (Wildman–Crippen MR) is 90.8 cm³/mol. The molecule has 0 saturated carbocycles. The summed E-state index contributed by atoms with van der Waals surface area (Å²) in [5.41, 5.74) is 8.35. The lowest BCUT2D eigenvalue weighted by Crippen LogP contribution is -2.13. The second-order valence-corrected chi connectivity index (χ2v) is 5.37. The molecule has 0 heterocycles. The molecule has 2 rings (SSSR count). The molecule has 2 aromatic carbocycles. The highest BCUT2D eigenvalue weighted by atomic mass is 35.5. The number of carbonyl (C=O) groups excluding carboxylic acids is 1. The van der Waals surface area contributed by atoms with Crippen LogP contribution in [0.15, 0.2) is 36.4 Å². The van der Waals surface area contributed by atoms with Gasteiger partial charge in [-0.15, -0.1) is 0 Å². The SMILES string of the molecule is CCCOc1ccc(C(=O)Nc2cccc(Cl)c2C)cc1N. The van der Waals surface area contributed by atoms with Gasteiger partial charge >= 0.3 is 0 Å². The molecular weight excluding hydrogens is 300 g/mol. The maximum absolute atomic E-state index is 12.3. The largest absolute Gasteiger partial charge is 0.491 e. The summed E-state index contributed by atoms with van der Waals surface area (Å²) >= 11 is 6.05. The lowest BCUT2D eigenvalue weighted by atomic mass is 10.1. The third kappa shape index (κ3) is 3.71. The molecule has 0 aromatic heterocycles. The summed E-state index contributed by atoms with van der Waals surface area (Å²) in [7, 11) is 0. The van der Waals surface area contributed by atoms with Gasteiger partial charge in [0.25, 0.3) is 5.91 Å². The van der Waals surface area contributed by atoms with Crippen LogP contribution in [0, 0.1) is 6.92 Å². The molecule has 5 heteroatoms. The Morgan fingerprint density at radius 1 is 1.32 bits per heavy atom. The fourth-order valence-electron chi connectivity index (χ4n) is 1.97. The fourth-order valence-corrected chi connectivity index (χ4v) is 2.15. The van der Waals surface area contributed by atoms with E-state index in [1.807, 2.05) is 13.8 Å². The molecule has 0 saturated heterocycles. The minimum atomic E-state index is -0.237. The first kappa shape index (κ1) is 16.2. The Bertz CT molecular complexity index is 686. The Hall–Kier alpha value is -2.20. The van der Waals surface area contributed by atoms with Crippen molar-refractivity contribution in [1.29, 1.82) is 0 Å². The first-order valence-corrected chi connectivity index (χ1v) is 7.49. The molecule has 0 spiro atoms. The second kappa shape index (κ2) is 7.18. The molecule has 0 atom stereocenters. The molecule has 0 aliphatic rings. The molecule has 0 radical (unpaired) electrons. The molecule has 2 aromatic rings. The lowest BCUT2D eigenvalue weighted by Gasteiger charge is -2.11. The van der Waals surface area contributed by atoms with E-state index in [-0.39, 0.29) is 5.91 Å². The Morgan fingerprint density at radius 2 is 2.09 bits per heavy atom. The number of halogens is 1. The first-order chi connectivity index (χ1) is 10.5. The van der Waals surface area contributed by atoms with Gasteiger partial charge in [-0.25, -0.2) is 0 Å². The van der Waals surface area contributed by atoms with E-state index in [9.17, 15) is 4.79 Å². The van der Waals surface area contributed by atoms with Crippen LogP contribution in [-0.2, 0) is 0 Å². The number of amides is 1. The van der Waals surface area contributed by atoms with E-state index in [1.54, 1.807) is 36.4 Å². The number of benzene rings is 2. The minimum absolute atomic E-state index is 0.237. The summed E-state index contributed by atoms with van der Waals surface area (Å²) in [6.07, 6.45) is 0.899. The number of hydrogen-bond donors (Lipinski definition) is 2. The molecule has 0 unspecified atom stereocenters.